The predicted octanol–water partition coefficient (Wildman–Crippen LogP) is 3.94. The van der Waals surface area contributed by atoms with Crippen LogP contribution in [0.2, 0.25) is 0 Å². The van der Waals surface area contributed by atoms with Gasteiger partial charge in [0.15, 0.2) is 0 Å². The highest BCUT2D eigenvalue weighted by molar-refractivity contribution is 5.99. The molecule has 0 aliphatic rings. The van der Waals surface area contributed by atoms with E-state index in [0.717, 1.165) is 29.1 Å². The van der Waals surface area contributed by atoms with Gasteiger partial charge in [0.05, 0.1) is 5.69 Å². The van der Waals surface area contributed by atoms with Gasteiger partial charge in [-0.3, -0.25) is 9.67 Å². The summed E-state index contributed by atoms with van der Waals surface area (Å²) >= 11 is 0. The van der Waals surface area contributed by atoms with Crippen molar-refractivity contribution in [3.63, 3.8) is 0 Å². The summed E-state index contributed by atoms with van der Waals surface area (Å²) in [6.45, 7) is 9.52. The molecule has 0 saturated heterocycles. The Morgan fingerprint density at radius 2 is 2.00 bits per heavy atom. The molecule has 106 valence electrons. The maximum Gasteiger partial charge on any atom is 0.0923 e. The molecule has 0 aliphatic heterocycles. The lowest BCUT2D eigenvalue weighted by molar-refractivity contribution is 0.429. The second-order valence-electron chi connectivity index (χ2n) is 6.42. The van der Waals surface area contributed by atoms with Crippen molar-refractivity contribution in [2.45, 2.75) is 27.7 Å². The minimum atomic E-state index is 0.222. The molecule has 2 aromatic rings. The lowest BCUT2D eigenvalue weighted by Gasteiger charge is -2.15. The van der Waals surface area contributed by atoms with Gasteiger partial charge in [-0.1, -0.05) is 39.0 Å². The first kappa shape index (κ1) is 14.5. The van der Waals surface area contributed by atoms with E-state index in [4.69, 9.17) is 4.99 Å². The Balaban J connectivity index is 2.26. The van der Waals surface area contributed by atoms with E-state index >= 15 is 0 Å². The molecule has 1 aromatic heterocycles. The van der Waals surface area contributed by atoms with Crippen LogP contribution in [-0.4, -0.2) is 22.0 Å². The Labute approximate surface area is 121 Å². The SMILES string of the molecule is CC(=NCC(C)(C)C)c1cccc(-c2ccn(C)n2)c1. The van der Waals surface area contributed by atoms with E-state index in [9.17, 15) is 0 Å². The lowest BCUT2D eigenvalue weighted by Crippen LogP contribution is -2.11. The molecule has 0 bridgehead atoms. The maximum absolute atomic E-state index is 4.70. The van der Waals surface area contributed by atoms with Crippen LogP contribution in [0.3, 0.4) is 0 Å². The van der Waals surface area contributed by atoms with Crippen molar-refractivity contribution in [3.8, 4) is 11.3 Å². The summed E-state index contributed by atoms with van der Waals surface area (Å²) in [6.07, 6.45) is 1.96. The largest absolute Gasteiger partial charge is 0.289 e. The zero-order chi connectivity index (χ0) is 14.8. The van der Waals surface area contributed by atoms with Gasteiger partial charge in [-0.15, -0.1) is 0 Å². The third-order valence-electron chi connectivity index (χ3n) is 3.08. The first-order valence-electron chi connectivity index (χ1n) is 6.97. The van der Waals surface area contributed by atoms with Gasteiger partial charge >= 0.3 is 0 Å². The number of rotatable bonds is 3. The topological polar surface area (TPSA) is 30.2 Å². The molecule has 0 radical (unpaired) electrons. The van der Waals surface area contributed by atoms with E-state index in [1.165, 1.54) is 0 Å². The average Bonchev–Trinajstić information content (AvgIpc) is 2.82. The van der Waals surface area contributed by atoms with Crippen LogP contribution in [0.1, 0.15) is 33.3 Å². The van der Waals surface area contributed by atoms with Gasteiger partial charge in [0.2, 0.25) is 0 Å². The molecule has 0 saturated carbocycles. The Kier molecular flexibility index (Phi) is 4.07. The molecule has 0 unspecified atom stereocenters. The van der Waals surface area contributed by atoms with E-state index in [0.29, 0.717) is 0 Å². The summed E-state index contributed by atoms with van der Waals surface area (Å²) in [7, 11) is 1.93. The standard InChI is InChI=1S/C17H23N3/c1-13(18-12-17(2,3)4)14-7-6-8-15(11-14)16-9-10-20(5)19-16/h6-11H,12H2,1-5H3. The summed E-state index contributed by atoms with van der Waals surface area (Å²) in [6, 6.07) is 10.4. The molecular weight excluding hydrogens is 246 g/mol. The van der Waals surface area contributed by atoms with Crippen LogP contribution in [0.25, 0.3) is 11.3 Å². The lowest BCUT2D eigenvalue weighted by atomic mass is 9.97. The van der Waals surface area contributed by atoms with Gasteiger partial charge < -0.3 is 0 Å². The first-order valence-corrected chi connectivity index (χ1v) is 6.97. The fourth-order valence-corrected chi connectivity index (χ4v) is 1.92. The minimum absolute atomic E-state index is 0.222. The van der Waals surface area contributed by atoms with E-state index < -0.39 is 0 Å². The first-order chi connectivity index (χ1) is 9.35. The van der Waals surface area contributed by atoms with Gasteiger partial charge in [-0.2, -0.15) is 5.10 Å². The zero-order valence-corrected chi connectivity index (χ0v) is 13.0. The molecule has 0 aliphatic carbocycles. The Hall–Kier alpha value is -1.90. The summed E-state index contributed by atoms with van der Waals surface area (Å²) in [5.41, 5.74) is 4.60. The minimum Gasteiger partial charge on any atom is -0.289 e. The molecular formula is C17H23N3. The highest BCUT2D eigenvalue weighted by atomic mass is 15.2. The van der Waals surface area contributed by atoms with E-state index in [1.54, 1.807) is 0 Å². The van der Waals surface area contributed by atoms with E-state index in [2.05, 4.69) is 57.1 Å². The van der Waals surface area contributed by atoms with Crippen LogP contribution in [0.5, 0.6) is 0 Å². The summed E-state index contributed by atoms with van der Waals surface area (Å²) < 4.78 is 1.82. The van der Waals surface area contributed by atoms with Crippen molar-refractivity contribution in [2.75, 3.05) is 6.54 Å². The molecule has 1 aromatic carbocycles. The van der Waals surface area contributed by atoms with E-state index in [-0.39, 0.29) is 5.41 Å². The summed E-state index contributed by atoms with van der Waals surface area (Å²) in [4.78, 5) is 4.70. The van der Waals surface area contributed by atoms with Gasteiger partial charge in [-0.25, -0.2) is 0 Å². The third-order valence-corrected chi connectivity index (χ3v) is 3.08. The molecule has 0 amide bonds. The Bertz CT molecular complexity index is 615. The highest BCUT2D eigenvalue weighted by Gasteiger charge is 2.09. The smallest absolute Gasteiger partial charge is 0.0923 e. The van der Waals surface area contributed by atoms with Crippen LogP contribution in [-0.2, 0) is 7.05 Å². The number of nitrogens with zero attached hydrogens (tertiary/aromatic N) is 3. The average molecular weight is 269 g/mol. The molecule has 2 rings (SSSR count). The number of aromatic nitrogens is 2. The van der Waals surface area contributed by atoms with Crippen molar-refractivity contribution < 1.29 is 0 Å². The monoisotopic (exact) mass is 269 g/mol. The number of aliphatic imine (C=N–C) groups is 1. The van der Waals surface area contributed by atoms with Gasteiger partial charge in [0, 0.05) is 31.1 Å². The highest BCUT2D eigenvalue weighted by Crippen LogP contribution is 2.19. The number of benzene rings is 1. The molecule has 20 heavy (non-hydrogen) atoms. The number of hydrogen-bond donors (Lipinski definition) is 0. The fourth-order valence-electron chi connectivity index (χ4n) is 1.92. The van der Waals surface area contributed by atoms with Crippen molar-refractivity contribution in [1.29, 1.82) is 0 Å². The Morgan fingerprint density at radius 3 is 2.60 bits per heavy atom. The van der Waals surface area contributed by atoms with Crippen LogP contribution in [0.4, 0.5) is 0 Å². The zero-order valence-electron chi connectivity index (χ0n) is 13.0. The number of aryl methyl sites for hydroxylation is 1. The summed E-state index contributed by atoms with van der Waals surface area (Å²) in [5.74, 6) is 0. The van der Waals surface area contributed by atoms with Crippen molar-refractivity contribution in [2.24, 2.45) is 17.5 Å². The maximum atomic E-state index is 4.70. The molecule has 1 heterocycles. The molecule has 0 atom stereocenters. The second kappa shape index (κ2) is 5.61. The van der Waals surface area contributed by atoms with Gasteiger partial charge in [0.25, 0.3) is 0 Å². The molecule has 3 nitrogen and oxygen atoms in total. The van der Waals surface area contributed by atoms with E-state index in [1.807, 2.05) is 24.0 Å². The van der Waals surface area contributed by atoms with Crippen LogP contribution in [0, 0.1) is 5.41 Å². The van der Waals surface area contributed by atoms with Gasteiger partial charge in [-0.05, 0) is 30.0 Å². The normalized spacial score (nSPS) is 12.8. The third kappa shape index (κ3) is 3.80. The van der Waals surface area contributed by atoms with Gasteiger partial charge in [0.1, 0.15) is 0 Å². The van der Waals surface area contributed by atoms with Crippen LogP contribution in [0.15, 0.2) is 41.5 Å². The number of hydrogen-bond acceptors (Lipinski definition) is 2. The van der Waals surface area contributed by atoms with Crippen molar-refractivity contribution >= 4 is 5.71 Å². The quantitative estimate of drug-likeness (QED) is 0.776. The van der Waals surface area contributed by atoms with Crippen molar-refractivity contribution in [3.05, 3.63) is 42.1 Å². The summed E-state index contributed by atoms with van der Waals surface area (Å²) in [5, 5.41) is 4.44. The van der Waals surface area contributed by atoms with Crippen LogP contribution < -0.4 is 0 Å². The van der Waals surface area contributed by atoms with Crippen molar-refractivity contribution in [1.82, 2.24) is 9.78 Å². The second-order valence-corrected chi connectivity index (χ2v) is 6.42. The molecule has 0 spiro atoms. The van der Waals surface area contributed by atoms with Crippen LogP contribution >= 0.6 is 0 Å². The predicted molar refractivity (Wildman–Crippen MR) is 85.2 cm³/mol. The molecule has 3 heteroatoms. The molecule has 0 N–H and O–H groups in total. The fraction of sp³-hybridized carbons (Fsp3) is 0.412. The Morgan fingerprint density at radius 1 is 1.25 bits per heavy atom. The molecule has 0 fully saturated rings.